The van der Waals surface area contributed by atoms with Crippen molar-refractivity contribution in [1.29, 1.82) is 0 Å². The van der Waals surface area contributed by atoms with Gasteiger partial charge in [-0.1, -0.05) is 30.3 Å². The third kappa shape index (κ3) is 2.64. The number of rotatable bonds is 3. The summed E-state index contributed by atoms with van der Waals surface area (Å²) in [5.41, 5.74) is 2.77. The van der Waals surface area contributed by atoms with Gasteiger partial charge >= 0.3 is 0 Å². The van der Waals surface area contributed by atoms with E-state index < -0.39 is 5.60 Å². The minimum atomic E-state index is -0.656. The third-order valence-electron chi connectivity index (χ3n) is 5.57. The second-order valence-corrected chi connectivity index (χ2v) is 6.97. The molecule has 1 atom stereocenters. The Labute approximate surface area is 137 Å². The molecule has 120 valence electrons. The molecule has 0 spiro atoms. The molecule has 1 N–H and O–H groups in total. The van der Waals surface area contributed by atoms with Crippen LogP contribution in [0.4, 0.5) is 0 Å². The Bertz CT molecular complexity index is 707. The smallest absolute Gasteiger partial charge is 0.105 e. The van der Waals surface area contributed by atoms with Gasteiger partial charge in [-0.2, -0.15) is 0 Å². The van der Waals surface area contributed by atoms with Crippen LogP contribution < -0.4 is 0 Å². The van der Waals surface area contributed by atoms with E-state index in [0.717, 1.165) is 38.0 Å². The first-order valence-corrected chi connectivity index (χ1v) is 8.50. The Morgan fingerprint density at radius 3 is 2.39 bits per heavy atom. The molecule has 1 unspecified atom stereocenters. The number of aromatic nitrogens is 1. The molecule has 23 heavy (non-hydrogen) atoms. The van der Waals surface area contributed by atoms with Gasteiger partial charge in [0.25, 0.3) is 0 Å². The summed E-state index contributed by atoms with van der Waals surface area (Å²) < 4.78 is 2.10. The highest BCUT2D eigenvalue weighted by Crippen LogP contribution is 2.42. The fraction of sp³-hybridized carbons (Fsp3) is 0.400. The first-order chi connectivity index (χ1) is 11.1. The molecular formula is C20H24N2O. The minimum Gasteiger partial charge on any atom is -0.384 e. The maximum absolute atomic E-state index is 11.2. The van der Waals surface area contributed by atoms with Crippen molar-refractivity contribution in [2.45, 2.75) is 18.4 Å². The van der Waals surface area contributed by atoms with Crippen LogP contribution in [0.25, 0.3) is 12.2 Å². The van der Waals surface area contributed by atoms with Crippen LogP contribution in [0.3, 0.4) is 0 Å². The maximum Gasteiger partial charge on any atom is 0.105 e. The van der Waals surface area contributed by atoms with E-state index in [0.29, 0.717) is 5.92 Å². The van der Waals surface area contributed by atoms with Crippen LogP contribution in [0.15, 0.2) is 42.6 Å². The predicted molar refractivity (Wildman–Crippen MR) is 93.8 cm³/mol. The van der Waals surface area contributed by atoms with E-state index in [-0.39, 0.29) is 0 Å². The van der Waals surface area contributed by atoms with E-state index in [1.165, 1.54) is 11.3 Å². The van der Waals surface area contributed by atoms with Crippen LogP contribution in [-0.4, -0.2) is 34.2 Å². The summed E-state index contributed by atoms with van der Waals surface area (Å²) in [5, 5.41) is 11.2. The summed E-state index contributed by atoms with van der Waals surface area (Å²) in [6, 6.07) is 12.6. The Kier molecular flexibility index (Phi) is 3.63. The van der Waals surface area contributed by atoms with Crippen LogP contribution in [0.1, 0.15) is 29.7 Å². The molecule has 3 aliphatic heterocycles. The Balaban J connectivity index is 1.54. The van der Waals surface area contributed by atoms with E-state index in [1.54, 1.807) is 0 Å². The van der Waals surface area contributed by atoms with Gasteiger partial charge in [0.1, 0.15) is 5.60 Å². The first kappa shape index (κ1) is 14.7. The molecule has 1 aromatic heterocycles. The second-order valence-electron chi connectivity index (χ2n) is 6.97. The molecule has 5 rings (SSSR count). The summed E-state index contributed by atoms with van der Waals surface area (Å²) in [6.45, 7) is 3.07. The van der Waals surface area contributed by atoms with Crippen molar-refractivity contribution in [3.63, 3.8) is 0 Å². The molecule has 0 amide bonds. The molecule has 2 aromatic rings. The largest absolute Gasteiger partial charge is 0.384 e. The lowest BCUT2D eigenvalue weighted by atomic mass is 9.71. The highest BCUT2D eigenvalue weighted by atomic mass is 16.3. The van der Waals surface area contributed by atoms with Crippen molar-refractivity contribution in [2.24, 2.45) is 13.0 Å². The normalized spacial score (nSPS) is 30.2. The number of hydrogen-bond acceptors (Lipinski definition) is 2. The van der Waals surface area contributed by atoms with Crippen LogP contribution in [0.5, 0.6) is 0 Å². The maximum atomic E-state index is 11.2. The van der Waals surface area contributed by atoms with Gasteiger partial charge in [-0.15, -0.1) is 0 Å². The van der Waals surface area contributed by atoms with Gasteiger partial charge < -0.3 is 14.6 Å². The zero-order chi connectivity index (χ0) is 15.9. The number of aliphatic hydroxyl groups is 1. The van der Waals surface area contributed by atoms with Gasteiger partial charge in [-0.05, 0) is 61.2 Å². The van der Waals surface area contributed by atoms with E-state index in [2.05, 4.69) is 52.0 Å². The first-order valence-electron chi connectivity index (χ1n) is 8.50. The summed E-state index contributed by atoms with van der Waals surface area (Å²) in [4.78, 5) is 2.39. The van der Waals surface area contributed by atoms with Crippen LogP contribution >= 0.6 is 0 Å². The van der Waals surface area contributed by atoms with Crippen molar-refractivity contribution in [2.75, 3.05) is 19.6 Å². The van der Waals surface area contributed by atoms with Crippen LogP contribution in [0.2, 0.25) is 0 Å². The number of piperidine rings is 3. The number of aryl methyl sites for hydroxylation is 1. The van der Waals surface area contributed by atoms with Crippen molar-refractivity contribution in [1.82, 2.24) is 9.47 Å². The number of fused-ring (bicyclic) bond motifs is 3. The Morgan fingerprint density at radius 2 is 1.83 bits per heavy atom. The van der Waals surface area contributed by atoms with E-state index in [1.807, 2.05) is 19.3 Å². The van der Waals surface area contributed by atoms with Gasteiger partial charge in [-0.25, -0.2) is 0 Å². The monoisotopic (exact) mass is 308 g/mol. The molecule has 1 aromatic carbocycles. The molecule has 0 saturated carbocycles. The van der Waals surface area contributed by atoms with Gasteiger partial charge in [0.05, 0.1) is 0 Å². The van der Waals surface area contributed by atoms with E-state index >= 15 is 0 Å². The molecule has 4 heterocycles. The van der Waals surface area contributed by atoms with Crippen molar-refractivity contribution in [3.8, 4) is 0 Å². The third-order valence-corrected chi connectivity index (χ3v) is 5.57. The number of nitrogens with zero attached hydrogens (tertiary/aromatic N) is 2. The molecular weight excluding hydrogens is 284 g/mol. The van der Waals surface area contributed by atoms with Gasteiger partial charge in [0, 0.05) is 25.5 Å². The highest BCUT2D eigenvalue weighted by Gasteiger charge is 2.46. The molecule has 3 heteroatoms. The SMILES string of the molecule is Cn1cccc1/C=C/c1ccc(C2(O)CN3CCC2CC3)cc1. The fourth-order valence-corrected chi connectivity index (χ4v) is 4.08. The Hall–Kier alpha value is -1.84. The fourth-order valence-electron chi connectivity index (χ4n) is 4.08. The van der Waals surface area contributed by atoms with Gasteiger partial charge in [0.2, 0.25) is 0 Å². The quantitative estimate of drug-likeness (QED) is 0.944. The average molecular weight is 308 g/mol. The summed E-state index contributed by atoms with van der Waals surface area (Å²) in [5.74, 6) is 0.414. The lowest BCUT2D eigenvalue weighted by Crippen LogP contribution is -2.57. The standard InChI is InChI=1S/C20H24N2O/c1-21-12-2-3-19(21)9-6-16-4-7-17(8-5-16)20(23)15-22-13-10-18(20)11-14-22/h2-9,12,18,23H,10-11,13-15H2,1H3/b9-6+. The van der Waals surface area contributed by atoms with Crippen molar-refractivity contribution < 1.29 is 5.11 Å². The molecule has 0 aliphatic carbocycles. The minimum absolute atomic E-state index is 0.414. The lowest BCUT2D eigenvalue weighted by molar-refractivity contribution is -0.117. The summed E-state index contributed by atoms with van der Waals surface area (Å²) in [6.07, 6.45) is 8.53. The van der Waals surface area contributed by atoms with Crippen molar-refractivity contribution in [3.05, 3.63) is 59.4 Å². The molecule has 3 nitrogen and oxygen atoms in total. The van der Waals surface area contributed by atoms with Crippen molar-refractivity contribution >= 4 is 12.2 Å². The van der Waals surface area contributed by atoms with Gasteiger partial charge in [0.15, 0.2) is 0 Å². The topological polar surface area (TPSA) is 28.4 Å². The lowest BCUT2D eigenvalue weighted by Gasteiger charge is -2.50. The summed E-state index contributed by atoms with van der Waals surface area (Å²) in [7, 11) is 2.05. The molecule has 3 aliphatic rings. The highest BCUT2D eigenvalue weighted by molar-refractivity contribution is 5.68. The molecule has 3 saturated heterocycles. The zero-order valence-corrected chi connectivity index (χ0v) is 13.7. The average Bonchev–Trinajstić information content (AvgIpc) is 2.99. The predicted octanol–water partition coefficient (Wildman–Crippen LogP) is 3.11. The summed E-state index contributed by atoms with van der Waals surface area (Å²) >= 11 is 0. The van der Waals surface area contributed by atoms with E-state index in [9.17, 15) is 5.11 Å². The zero-order valence-electron chi connectivity index (χ0n) is 13.7. The van der Waals surface area contributed by atoms with Gasteiger partial charge in [-0.3, -0.25) is 0 Å². The number of benzene rings is 1. The van der Waals surface area contributed by atoms with Crippen LogP contribution in [0, 0.1) is 5.92 Å². The number of hydrogen-bond donors (Lipinski definition) is 1. The molecule has 3 fully saturated rings. The van der Waals surface area contributed by atoms with E-state index in [4.69, 9.17) is 0 Å². The second kappa shape index (κ2) is 5.66. The van der Waals surface area contributed by atoms with Crippen LogP contribution in [-0.2, 0) is 12.6 Å². The molecule has 0 radical (unpaired) electrons. The molecule has 2 bridgehead atoms. The Morgan fingerprint density at radius 1 is 1.09 bits per heavy atom.